The third-order valence-corrected chi connectivity index (χ3v) is 4.93. The number of methoxy groups -OCH3 is 1. The summed E-state index contributed by atoms with van der Waals surface area (Å²) in [7, 11) is 1.79. The van der Waals surface area contributed by atoms with Gasteiger partial charge in [-0.3, -0.25) is 0 Å². The molecule has 0 aromatic heterocycles. The number of halogens is 1. The zero-order valence-corrected chi connectivity index (χ0v) is 14.5. The predicted molar refractivity (Wildman–Crippen MR) is 98.5 cm³/mol. The fourth-order valence-electron chi connectivity index (χ4n) is 3.41. The van der Waals surface area contributed by atoms with Crippen molar-refractivity contribution in [3.05, 3.63) is 53.8 Å². The van der Waals surface area contributed by atoms with Gasteiger partial charge in [-0.1, -0.05) is 30.3 Å². The number of thiocarbonyl (C=S) groups is 1. The second-order valence-electron chi connectivity index (χ2n) is 6.20. The summed E-state index contributed by atoms with van der Waals surface area (Å²) >= 11 is 4.52. The molecule has 2 nitrogen and oxygen atoms in total. The van der Waals surface area contributed by atoms with E-state index >= 15 is 0 Å². The molecule has 0 amide bonds. The minimum absolute atomic E-state index is 0.222. The SMILES string of the molecule is COC1CCC(c2ccc(-c3ccc(N=C=S)c(F)c3)cc2)CC1. The fourth-order valence-corrected chi connectivity index (χ4v) is 3.50. The van der Waals surface area contributed by atoms with E-state index in [1.807, 2.05) is 6.07 Å². The maximum Gasteiger partial charge on any atom is 0.150 e. The highest BCUT2D eigenvalue weighted by molar-refractivity contribution is 7.78. The van der Waals surface area contributed by atoms with Gasteiger partial charge in [0, 0.05) is 7.11 Å². The van der Waals surface area contributed by atoms with Crippen LogP contribution in [0.1, 0.15) is 37.2 Å². The fraction of sp³-hybridized carbons (Fsp3) is 0.350. The molecule has 0 bridgehead atoms. The molecule has 0 N–H and O–H groups in total. The molecule has 24 heavy (non-hydrogen) atoms. The standard InChI is InChI=1S/C20H20FNOS/c1-23-18-9-6-15(7-10-18)14-2-4-16(5-3-14)17-8-11-20(22-13-24)19(21)12-17/h2-5,8,11-12,15,18H,6-7,9-10H2,1H3. The van der Waals surface area contributed by atoms with Crippen molar-refractivity contribution < 1.29 is 9.13 Å². The Labute approximate surface area is 147 Å². The Morgan fingerprint density at radius 3 is 2.29 bits per heavy atom. The summed E-state index contributed by atoms with van der Waals surface area (Å²) in [5.41, 5.74) is 3.42. The highest BCUT2D eigenvalue weighted by atomic mass is 32.1. The van der Waals surface area contributed by atoms with Gasteiger partial charge in [-0.05, 0) is 72.6 Å². The van der Waals surface area contributed by atoms with Gasteiger partial charge in [0.25, 0.3) is 0 Å². The number of ether oxygens (including phenoxy) is 1. The first-order chi connectivity index (χ1) is 11.7. The average molecular weight is 341 g/mol. The molecule has 2 aromatic carbocycles. The van der Waals surface area contributed by atoms with Crippen LogP contribution < -0.4 is 0 Å². The van der Waals surface area contributed by atoms with E-state index in [9.17, 15) is 4.39 Å². The Morgan fingerprint density at radius 2 is 1.71 bits per heavy atom. The van der Waals surface area contributed by atoms with E-state index in [1.165, 1.54) is 11.6 Å². The van der Waals surface area contributed by atoms with Crippen molar-refractivity contribution in [3.63, 3.8) is 0 Å². The van der Waals surface area contributed by atoms with Crippen LogP contribution in [0.2, 0.25) is 0 Å². The Kier molecular flexibility index (Phi) is 5.52. The molecule has 0 radical (unpaired) electrons. The highest BCUT2D eigenvalue weighted by Crippen LogP contribution is 2.35. The van der Waals surface area contributed by atoms with Gasteiger partial charge in [0.1, 0.15) is 11.5 Å². The van der Waals surface area contributed by atoms with Crippen molar-refractivity contribution >= 4 is 23.1 Å². The first kappa shape index (κ1) is 17.0. The van der Waals surface area contributed by atoms with Gasteiger partial charge >= 0.3 is 0 Å². The van der Waals surface area contributed by atoms with Crippen LogP contribution in [0.5, 0.6) is 0 Å². The summed E-state index contributed by atoms with van der Waals surface area (Å²) in [5.74, 6) is 0.216. The van der Waals surface area contributed by atoms with Crippen molar-refractivity contribution in [2.75, 3.05) is 7.11 Å². The van der Waals surface area contributed by atoms with Crippen LogP contribution in [0.4, 0.5) is 10.1 Å². The Bertz CT molecular complexity index is 745. The number of isothiocyanates is 1. The summed E-state index contributed by atoms with van der Waals surface area (Å²) in [5, 5.41) is 2.19. The van der Waals surface area contributed by atoms with Crippen molar-refractivity contribution in [2.24, 2.45) is 4.99 Å². The molecule has 0 atom stereocenters. The predicted octanol–water partition coefficient (Wildman–Crippen LogP) is 5.90. The van der Waals surface area contributed by atoms with Crippen molar-refractivity contribution in [1.29, 1.82) is 0 Å². The zero-order valence-electron chi connectivity index (χ0n) is 13.7. The molecule has 2 aromatic rings. The van der Waals surface area contributed by atoms with Gasteiger partial charge in [-0.25, -0.2) is 4.39 Å². The van der Waals surface area contributed by atoms with Crippen LogP contribution >= 0.6 is 12.2 Å². The Balaban J connectivity index is 1.75. The van der Waals surface area contributed by atoms with E-state index in [-0.39, 0.29) is 11.5 Å². The summed E-state index contributed by atoms with van der Waals surface area (Å²) in [6, 6.07) is 13.4. The van der Waals surface area contributed by atoms with Crippen LogP contribution in [0.15, 0.2) is 47.5 Å². The summed E-state index contributed by atoms with van der Waals surface area (Å²) in [6.45, 7) is 0. The van der Waals surface area contributed by atoms with E-state index in [0.717, 1.165) is 36.8 Å². The topological polar surface area (TPSA) is 21.6 Å². The van der Waals surface area contributed by atoms with E-state index in [0.29, 0.717) is 12.0 Å². The highest BCUT2D eigenvalue weighted by Gasteiger charge is 2.21. The lowest BCUT2D eigenvalue weighted by atomic mass is 9.82. The third-order valence-electron chi connectivity index (χ3n) is 4.84. The first-order valence-electron chi connectivity index (χ1n) is 8.22. The molecular formula is C20H20FNOS. The smallest absolute Gasteiger partial charge is 0.150 e. The summed E-state index contributed by atoms with van der Waals surface area (Å²) in [6.07, 6.45) is 4.98. The van der Waals surface area contributed by atoms with E-state index in [2.05, 4.69) is 46.6 Å². The molecule has 0 unspecified atom stereocenters. The number of aliphatic imine (C=N–C) groups is 1. The minimum Gasteiger partial charge on any atom is -0.381 e. The molecule has 1 fully saturated rings. The van der Waals surface area contributed by atoms with E-state index in [1.54, 1.807) is 13.2 Å². The van der Waals surface area contributed by atoms with Gasteiger partial charge in [-0.15, -0.1) is 0 Å². The van der Waals surface area contributed by atoms with Gasteiger partial charge in [0.05, 0.1) is 11.3 Å². The molecule has 124 valence electrons. The van der Waals surface area contributed by atoms with Crippen LogP contribution in [-0.4, -0.2) is 18.4 Å². The Morgan fingerprint density at radius 1 is 1.04 bits per heavy atom. The van der Waals surface area contributed by atoms with E-state index < -0.39 is 0 Å². The van der Waals surface area contributed by atoms with Crippen molar-refractivity contribution in [3.8, 4) is 11.1 Å². The van der Waals surface area contributed by atoms with Crippen molar-refractivity contribution in [1.82, 2.24) is 0 Å². The van der Waals surface area contributed by atoms with Gasteiger partial charge in [0.2, 0.25) is 0 Å². The average Bonchev–Trinajstić information content (AvgIpc) is 2.64. The number of nitrogens with zero attached hydrogens (tertiary/aromatic N) is 1. The normalized spacial score (nSPS) is 20.4. The molecule has 0 aliphatic heterocycles. The molecule has 1 aliphatic carbocycles. The zero-order chi connectivity index (χ0) is 16.9. The van der Waals surface area contributed by atoms with Gasteiger partial charge in [0.15, 0.2) is 0 Å². The van der Waals surface area contributed by atoms with Crippen LogP contribution in [0.3, 0.4) is 0 Å². The first-order valence-corrected chi connectivity index (χ1v) is 8.62. The molecule has 3 rings (SSSR count). The summed E-state index contributed by atoms with van der Waals surface area (Å²) in [4.78, 5) is 3.71. The molecule has 1 aliphatic rings. The number of hydrogen-bond acceptors (Lipinski definition) is 3. The molecule has 0 spiro atoms. The van der Waals surface area contributed by atoms with Gasteiger partial charge in [-0.2, -0.15) is 4.99 Å². The molecular weight excluding hydrogens is 321 g/mol. The minimum atomic E-state index is -0.383. The maximum absolute atomic E-state index is 14.0. The maximum atomic E-state index is 14.0. The molecule has 4 heteroatoms. The van der Waals surface area contributed by atoms with Crippen LogP contribution in [0, 0.1) is 5.82 Å². The number of hydrogen-bond donors (Lipinski definition) is 0. The van der Waals surface area contributed by atoms with Crippen LogP contribution in [-0.2, 0) is 4.74 Å². The summed E-state index contributed by atoms with van der Waals surface area (Å²) < 4.78 is 19.4. The number of rotatable bonds is 4. The molecule has 0 saturated heterocycles. The Hall–Kier alpha value is -1.87. The lowest BCUT2D eigenvalue weighted by Crippen LogP contribution is -2.19. The lowest BCUT2D eigenvalue weighted by Gasteiger charge is -2.27. The van der Waals surface area contributed by atoms with Crippen molar-refractivity contribution in [2.45, 2.75) is 37.7 Å². The number of benzene rings is 2. The second kappa shape index (κ2) is 7.80. The largest absolute Gasteiger partial charge is 0.381 e. The quantitative estimate of drug-likeness (QED) is 0.510. The van der Waals surface area contributed by atoms with Crippen LogP contribution in [0.25, 0.3) is 11.1 Å². The molecule has 0 heterocycles. The van der Waals surface area contributed by atoms with Gasteiger partial charge < -0.3 is 4.74 Å². The monoisotopic (exact) mass is 341 g/mol. The van der Waals surface area contributed by atoms with E-state index in [4.69, 9.17) is 4.74 Å². The second-order valence-corrected chi connectivity index (χ2v) is 6.38. The lowest BCUT2D eigenvalue weighted by molar-refractivity contribution is 0.0659. The third kappa shape index (κ3) is 3.78. The molecule has 1 saturated carbocycles.